The number of benzene rings is 1. The summed E-state index contributed by atoms with van der Waals surface area (Å²) in [6, 6.07) is 3.72. The SMILES string of the molecule is CC(NC(=O)C(N)C1CCOCC1)c1ccc(C(F)(F)F)cc1. The number of carbonyl (C=O) groups excluding carboxylic acids is 1. The molecule has 4 nitrogen and oxygen atoms in total. The third-order valence-corrected chi connectivity index (χ3v) is 4.17. The van der Waals surface area contributed by atoms with E-state index >= 15 is 0 Å². The molecule has 7 heteroatoms. The zero-order valence-electron chi connectivity index (χ0n) is 12.9. The van der Waals surface area contributed by atoms with Crippen molar-refractivity contribution in [3.05, 3.63) is 35.4 Å². The second-order valence-electron chi connectivity index (χ2n) is 5.83. The minimum Gasteiger partial charge on any atom is -0.381 e. The Kier molecular flexibility index (Phi) is 5.64. The van der Waals surface area contributed by atoms with Crippen LogP contribution in [0.5, 0.6) is 0 Å². The monoisotopic (exact) mass is 330 g/mol. The molecule has 0 radical (unpaired) electrons. The number of hydrogen-bond donors (Lipinski definition) is 2. The van der Waals surface area contributed by atoms with E-state index in [0.717, 1.165) is 25.0 Å². The highest BCUT2D eigenvalue weighted by molar-refractivity contribution is 5.82. The number of hydrogen-bond acceptors (Lipinski definition) is 3. The summed E-state index contributed by atoms with van der Waals surface area (Å²) in [4.78, 5) is 12.2. The molecule has 3 N–H and O–H groups in total. The van der Waals surface area contributed by atoms with Crippen LogP contribution in [0.3, 0.4) is 0 Å². The van der Waals surface area contributed by atoms with Gasteiger partial charge in [0, 0.05) is 13.2 Å². The molecule has 128 valence electrons. The van der Waals surface area contributed by atoms with Gasteiger partial charge >= 0.3 is 6.18 Å². The molecular weight excluding hydrogens is 309 g/mol. The van der Waals surface area contributed by atoms with Gasteiger partial charge in [0.25, 0.3) is 0 Å². The van der Waals surface area contributed by atoms with Gasteiger partial charge in [0.15, 0.2) is 0 Å². The fraction of sp³-hybridized carbons (Fsp3) is 0.562. The molecule has 0 saturated carbocycles. The van der Waals surface area contributed by atoms with E-state index in [1.807, 2.05) is 0 Å². The Labute approximate surface area is 133 Å². The Morgan fingerprint density at radius 2 is 1.83 bits per heavy atom. The van der Waals surface area contributed by atoms with Crippen molar-refractivity contribution in [2.45, 2.75) is 38.0 Å². The Morgan fingerprint density at radius 3 is 2.35 bits per heavy atom. The number of ether oxygens (including phenoxy) is 1. The molecule has 1 aliphatic rings. The minimum absolute atomic E-state index is 0.0727. The van der Waals surface area contributed by atoms with Crippen molar-refractivity contribution in [1.29, 1.82) is 0 Å². The number of nitrogens with two attached hydrogens (primary N) is 1. The first-order valence-electron chi connectivity index (χ1n) is 7.60. The Hall–Kier alpha value is -1.60. The predicted octanol–water partition coefficient (Wildman–Crippen LogP) is 2.64. The van der Waals surface area contributed by atoms with Crippen molar-refractivity contribution in [3.63, 3.8) is 0 Å². The smallest absolute Gasteiger partial charge is 0.381 e. The van der Waals surface area contributed by atoms with Gasteiger partial charge in [-0.05, 0) is 43.4 Å². The molecule has 2 rings (SSSR count). The first kappa shape index (κ1) is 17.7. The zero-order chi connectivity index (χ0) is 17.0. The standard InChI is InChI=1S/C16H21F3N2O2/c1-10(11-2-4-13(5-3-11)16(17,18)19)21-15(22)14(20)12-6-8-23-9-7-12/h2-5,10,12,14H,6-9,20H2,1H3,(H,21,22). The van der Waals surface area contributed by atoms with Crippen molar-refractivity contribution in [2.75, 3.05) is 13.2 Å². The predicted molar refractivity (Wildman–Crippen MR) is 79.5 cm³/mol. The van der Waals surface area contributed by atoms with Gasteiger partial charge in [-0.15, -0.1) is 0 Å². The van der Waals surface area contributed by atoms with E-state index in [1.165, 1.54) is 12.1 Å². The minimum atomic E-state index is -4.36. The summed E-state index contributed by atoms with van der Waals surface area (Å²) in [6.07, 6.45) is -2.89. The topological polar surface area (TPSA) is 64.4 Å². The molecule has 0 aromatic heterocycles. The average molecular weight is 330 g/mol. The molecule has 1 aromatic rings. The second kappa shape index (κ2) is 7.31. The van der Waals surface area contributed by atoms with E-state index in [0.29, 0.717) is 18.8 Å². The maximum absolute atomic E-state index is 12.5. The van der Waals surface area contributed by atoms with Crippen LogP contribution in [0.2, 0.25) is 0 Å². The number of rotatable bonds is 4. The van der Waals surface area contributed by atoms with Gasteiger partial charge in [0.05, 0.1) is 17.6 Å². The molecule has 1 heterocycles. The molecule has 1 saturated heterocycles. The van der Waals surface area contributed by atoms with Crippen LogP contribution in [-0.4, -0.2) is 25.2 Å². The molecule has 1 amide bonds. The lowest BCUT2D eigenvalue weighted by molar-refractivity contribution is -0.137. The maximum atomic E-state index is 12.5. The Bertz CT molecular complexity index is 525. The number of nitrogens with one attached hydrogen (secondary N) is 1. The molecular formula is C16H21F3N2O2. The third-order valence-electron chi connectivity index (χ3n) is 4.17. The fourth-order valence-electron chi connectivity index (χ4n) is 2.64. The summed E-state index contributed by atoms with van der Waals surface area (Å²) < 4.78 is 42.9. The third kappa shape index (κ3) is 4.68. The van der Waals surface area contributed by atoms with Gasteiger partial charge in [-0.25, -0.2) is 0 Å². The molecule has 1 aliphatic heterocycles. The quantitative estimate of drug-likeness (QED) is 0.892. The summed E-state index contributed by atoms with van der Waals surface area (Å²) in [5, 5.41) is 2.77. The van der Waals surface area contributed by atoms with E-state index in [2.05, 4.69) is 5.32 Å². The van der Waals surface area contributed by atoms with Crippen molar-refractivity contribution >= 4 is 5.91 Å². The van der Waals surface area contributed by atoms with Crippen molar-refractivity contribution < 1.29 is 22.7 Å². The van der Waals surface area contributed by atoms with Crippen LogP contribution in [0.15, 0.2) is 24.3 Å². The van der Waals surface area contributed by atoms with E-state index in [4.69, 9.17) is 10.5 Å². The van der Waals surface area contributed by atoms with Crippen molar-refractivity contribution in [3.8, 4) is 0 Å². The molecule has 0 bridgehead atoms. The van der Waals surface area contributed by atoms with Crippen LogP contribution in [0.25, 0.3) is 0 Å². The number of halogens is 3. The van der Waals surface area contributed by atoms with Gasteiger partial charge in [0.2, 0.25) is 5.91 Å². The van der Waals surface area contributed by atoms with Crippen LogP contribution in [0.1, 0.15) is 36.9 Å². The number of carbonyl (C=O) groups is 1. The normalized spacial score (nSPS) is 19.2. The van der Waals surface area contributed by atoms with Gasteiger partial charge in [-0.1, -0.05) is 12.1 Å². The largest absolute Gasteiger partial charge is 0.416 e. The molecule has 0 aliphatic carbocycles. The van der Waals surface area contributed by atoms with Gasteiger partial charge < -0.3 is 15.8 Å². The zero-order valence-corrected chi connectivity index (χ0v) is 12.9. The van der Waals surface area contributed by atoms with Crippen LogP contribution < -0.4 is 11.1 Å². The summed E-state index contributed by atoms with van der Waals surface area (Å²) >= 11 is 0. The first-order valence-corrected chi connectivity index (χ1v) is 7.60. The van der Waals surface area contributed by atoms with E-state index in [-0.39, 0.29) is 11.8 Å². The highest BCUT2D eigenvalue weighted by Crippen LogP contribution is 2.30. The van der Waals surface area contributed by atoms with Crippen molar-refractivity contribution in [1.82, 2.24) is 5.32 Å². The van der Waals surface area contributed by atoms with Crippen molar-refractivity contribution in [2.24, 2.45) is 11.7 Å². The lowest BCUT2D eigenvalue weighted by Gasteiger charge is -2.28. The molecule has 2 atom stereocenters. The molecule has 1 aromatic carbocycles. The summed E-state index contributed by atoms with van der Waals surface area (Å²) in [5.41, 5.74) is 5.88. The fourth-order valence-corrected chi connectivity index (χ4v) is 2.64. The lowest BCUT2D eigenvalue weighted by atomic mass is 9.91. The second-order valence-corrected chi connectivity index (χ2v) is 5.83. The van der Waals surface area contributed by atoms with Crippen LogP contribution in [0, 0.1) is 5.92 Å². The van der Waals surface area contributed by atoms with Gasteiger partial charge in [0.1, 0.15) is 0 Å². The average Bonchev–Trinajstić information content (AvgIpc) is 2.54. The van der Waals surface area contributed by atoms with E-state index < -0.39 is 23.8 Å². The van der Waals surface area contributed by atoms with Crippen LogP contribution >= 0.6 is 0 Å². The first-order chi connectivity index (χ1) is 10.8. The van der Waals surface area contributed by atoms with Crippen LogP contribution in [0.4, 0.5) is 13.2 Å². The molecule has 1 fully saturated rings. The molecule has 23 heavy (non-hydrogen) atoms. The van der Waals surface area contributed by atoms with Gasteiger partial charge in [-0.3, -0.25) is 4.79 Å². The Balaban J connectivity index is 1.95. The lowest BCUT2D eigenvalue weighted by Crippen LogP contribution is -2.47. The number of alkyl halides is 3. The Morgan fingerprint density at radius 1 is 1.26 bits per heavy atom. The van der Waals surface area contributed by atoms with Crippen LogP contribution in [-0.2, 0) is 15.7 Å². The highest BCUT2D eigenvalue weighted by atomic mass is 19.4. The summed E-state index contributed by atoms with van der Waals surface area (Å²) in [6.45, 7) is 2.91. The highest BCUT2D eigenvalue weighted by Gasteiger charge is 2.30. The van der Waals surface area contributed by atoms with Gasteiger partial charge in [-0.2, -0.15) is 13.2 Å². The summed E-state index contributed by atoms with van der Waals surface area (Å²) in [7, 11) is 0. The summed E-state index contributed by atoms with van der Waals surface area (Å²) in [5.74, 6) is -0.215. The van der Waals surface area contributed by atoms with E-state index in [1.54, 1.807) is 6.92 Å². The van der Waals surface area contributed by atoms with E-state index in [9.17, 15) is 18.0 Å². The molecule has 2 unspecified atom stereocenters. The number of amides is 1. The molecule has 0 spiro atoms. The maximum Gasteiger partial charge on any atom is 0.416 e.